The van der Waals surface area contributed by atoms with Crippen molar-refractivity contribution >= 4 is 17.4 Å². The molecule has 0 amide bonds. The van der Waals surface area contributed by atoms with Crippen LogP contribution < -0.4 is 11.5 Å². The molecule has 15 heavy (non-hydrogen) atoms. The number of nitrogen functional groups attached to an aromatic ring is 1. The van der Waals surface area contributed by atoms with Gasteiger partial charge in [-0.05, 0) is 25.3 Å². The summed E-state index contributed by atoms with van der Waals surface area (Å²) in [5, 5.41) is 10.9. The number of rotatable bonds is 1. The van der Waals surface area contributed by atoms with Gasteiger partial charge >= 0.3 is 0 Å². The molecule has 0 bridgehead atoms. The lowest BCUT2D eigenvalue weighted by molar-refractivity contribution is 0.0436. The Hall–Kier alpha value is -0.840. The van der Waals surface area contributed by atoms with Crippen molar-refractivity contribution < 1.29 is 5.11 Å². The minimum Gasteiger partial charge on any atom is -0.385 e. The highest BCUT2D eigenvalue weighted by Crippen LogP contribution is 2.40. The van der Waals surface area contributed by atoms with E-state index in [0.717, 1.165) is 6.42 Å². The van der Waals surface area contributed by atoms with E-state index in [1.165, 1.54) is 6.20 Å². The third-order valence-electron chi connectivity index (χ3n) is 2.92. The topological polar surface area (TPSA) is 85.2 Å². The van der Waals surface area contributed by atoms with Crippen LogP contribution in [-0.2, 0) is 5.60 Å². The van der Waals surface area contributed by atoms with Gasteiger partial charge in [-0.1, -0.05) is 11.6 Å². The minimum atomic E-state index is -0.957. The van der Waals surface area contributed by atoms with Crippen molar-refractivity contribution in [2.24, 2.45) is 5.73 Å². The Kier molecular flexibility index (Phi) is 2.58. The molecule has 1 aliphatic carbocycles. The van der Waals surface area contributed by atoms with E-state index >= 15 is 0 Å². The van der Waals surface area contributed by atoms with Crippen molar-refractivity contribution in [3.8, 4) is 0 Å². The molecule has 2 rings (SSSR count). The van der Waals surface area contributed by atoms with Crippen LogP contribution in [-0.4, -0.2) is 16.1 Å². The second-order valence-electron chi connectivity index (χ2n) is 4.12. The maximum atomic E-state index is 10.4. The van der Waals surface area contributed by atoms with Gasteiger partial charge in [0.1, 0.15) is 5.82 Å². The molecule has 0 saturated heterocycles. The van der Waals surface area contributed by atoms with Gasteiger partial charge in [0.05, 0.1) is 10.6 Å². The molecule has 2 unspecified atom stereocenters. The Morgan fingerprint density at radius 1 is 1.60 bits per heavy atom. The molecular formula is C10H14ClN3O. The number of halogens is 1. The normalized spacial score (nSPS) is 30.7. The zero-order valence-corrected chi connectivity index (χ0v) is 9.04. The molecule has 5 heteroatoms. The van der Waals surface area contributed by atoms with Crippen LogP contribution in [0.4, 0.5) is 5.82 Å². The largest absolute Gasteiger partial charge is 0.385 e. The Balaban J connectivity index is 2.40. The number of nitrogens with zero attached hydrogens (tertiary/aromatic N) is 1. The highest BCUT2D eigenvalue weighted by Gasteiger charge is 2.39. The summed E-state index contributed by atoms with van der Waals surface area (Å²) < 4.78 is 0. The minimum absolute atomic E-state index is 0.0216. The van der Waals surface area contributed by atoms with E-state index in [-0.39, 0.29) is 6.04 Å². The first-order chi connectivity index (χ1) is 7.01. The van der Waals surface area contributed by atoms with Gasteiger partial charge < -0.3 is 16.6 Å². The van der Waals surface area contributed by atoms with Crippen LogP contribution in [0.5, 0.6) is 0 Å². The summed E-state index contributed by atoms with van der Waals surface area (Å²) in [5.74, 6) is 0.330. The van der Waals surface area contributed by atoms with Gasteiger partial charge in [0, 0.05) is 17.8 Å². The summed E-state index contributed by atoms with van der Waals surface area (Å²) in [5.41, 5.74) is 11.2. The first kappa shape index (κ1) is 10.7. The third-order valence-corrected chi connectivity index (χ3v) is 3.12. The van der Waals surface area contributed by atoms with Gasteiger partial charge in [-0.2, -0.15) is 0 Å². The summed E-state index contributed by atoms with van der Waals surface area (Å²) in [7, 11) is 0. The Bertz CT molecular complexity index is 385. The van der Waals surface area contributed by atoms with Crippen LogP contribution in [0.25, 0.3) is 0 Å². The van der Waals surface area contributed by atoms with Gasteiger partial charge in [0.2, 0.25) is 0 Å². The second-order valence-corrected chi connectivity index (χ2v) is 4.56. The molecule has 0 spiro atoms. The first-order valence-corrected chi connectivity index (χ1v) is 5.28. The monoisotopic (exact) mass is 227 g/mol. The van der Waals surface area contributed by atoms with Crippen LogP contribution in [0, 0.1) is 0 Å². The molecule has 1 fully saturated rings. The van der Waals surface area contributed by atoms with Crippen molar-refractivity contribution in [3.63, 3.8) is 0 Å². The number of hydrogen-bond donors (Lipinski definition) is 3. The Morgan fingerprint density at radius 2 is 2.33 bits per heavy atom. The first-order valence-electron chi connectivity index (χ1n) is 4.91. The molecule has 1 aromatic heterocycles. The van der Waals surface area contributed by atoms with Crippen LogP contribution in [0.1, 0.15) is 24.8 Å². The summed E-state index contributed by atoms with van der Waals surface area (Å²) in [4.78, 5) is 3.94. The molecule has 0 aromatic carbocycles. The quantitative estimate of drug-likeness (QED) is 0.669. The predicted octanol–water partition coefficient (Wildman–Crippen LogP) is 1.02. The number of hydrogen-bond acceptors (Lipinski definition) is 4. The third kappa shape index (κ3) is 1.93. The fourth-order valence-electron chi connectivity index (χ4n) is 2.13. The van der Waals surface area contributed by atoms with Crippen molar-refractivity contribution in [1.29, 1.82) is 0 Å². The predicted molar refractivity (Wildman–Crippen MR) is 59.4 cm³/mol. The second kappa shape index (κ2) is 3.63. The Labute approximate surface area is 93.2 Å². The zero-order chi connectivity index (χ0) is 11.1. The molecule has 1 heterocycles. The van der Waals surface area contributed by atoms with Crippen LogP contribution in [0.3, 0.4) is 0 Å². The molecule has 5 N–H and O–H groups in total. The van der Waals surface area contributed by atoms with E-state index in [1.807, 2.05) is 0 Å². The van der Waals surface area contributed by atoms with Gasteiger partial charge in [-0.3, -0.25) is 0 Å². The van der Waals surface area contributed by atoms with Crippen molar-refractivity contribution in [2.45, 2.75) is 30.9 Å². The molecule has 0 radical (unpaired) electrons. The Morgan fingerprint density at radius 3 is 2.93 bits per heavy atom. The SMILES string of the molecule is Nc1ncc(Cl)cc1C1(O)CCC(N)C1. The van der Waals surface area contributed by atoms with Gasteiger partial charge in [0.25, 0.3) is 0 Å². The van der Waals surface area contributed by atoms with E-state index < -0.39 is 5.60 Å². The number of anilines is 1. The summed E-state index contributed by atoms with van der Waals surface area (Å²) >= 11 is 5.83. The molecule has 4 nitrogen and oxygen atoms in total. The number of pyridine rings is 1. The molecule has 0 aliphatic heterocycles. The van der Waals surface area contributed by atoms with E-state index in [9.17, 15) is 5.11 Å². The smallest absolute Gasteiger partial charge is 0.129 e. The number of aliphatic hydroxyl groups is 1. The molecule has 1 aromatic rings. The molecular weight excluding hydrogens is 214 g/mol. The van der Waals surface area contributed by atoms with Gasteiger partial charge in [-0.25, -0.2) is 4.98 Å². The molecule has 82 valence electrons. The van der Waals surface area contributed by atoms with E-state index in [0.29, 0.717) is 29.2 Å². The van der Waals surface area contributed by atoms with Crippen molar-refractivity contribution in [3.05, 3.63) is 22.8 Å². The van der Waals surface area contributed by atoms with Crippen LogP contribution in [0.15, 0.2) is 12.3 Å². The summed E-state index contributed by atoms with van der Waals surface area (Å²) in [6.45, 7) is 0. The zero-order valence-electron chi connectivity index (χ0n) is 8.28. The lowest BCUT2D eigenvalue weighted by Gasteiger charge is -2.24. The lowest BCUT2D eigenvalue weighted by atomic mass is 9.92. The van der Waals surface area contributed by atoms with Crippen LogP contribution in [0.2, 0.25) is 5.02 Å². The van der Waals surface area contributed by atoms with Crippen LogP contribution >= 0.6 is 11.6 Å². The fourth-order valence-corrected chi connectivity index (χ4v) is 2.29. The maximum absolute atomic E-state index is 10.4. The maximum Gasteiger partial charge on any atom is 0.129 e. The molecule has 1 aliphatic rings. The van der Waals surface area contributed by atoms with E-state index in [4.69, 9.17) is 23.1 Å². The average Bonchev–Trinajstić information content (AvgIpc) is 2.52. The van der Waals surface area contributed by atoms with E-state index in [1.54, 1.807) is 6.07 Å². The van der Waals surface area contributed by atoms with Crippen molar-refractivity contribution in [1.82, 2.24) is 4.98 Å². The lowest BCUT2D eigenvalue weighted by Crippen LogP contribution is -2.26. The standard InChI is InChI=1S/C10H14ClN3O/c11-6-3-8(9(13)14-5-6)10(15)2-1-7(12)4-10/h3,5,7,15H,1-2,4,12H2,(H2,13,14). The highest BCUT2D eigenvalue weighted by atomic mass is 35.5. The summed E-state index contributed by atoms with van der Waals surface area (Å²) in [6.07, 6.45) is 3.39. The average molecular weight is 228 g/mol. The van der Waals surface area contributed by atoms with Crippen molar-refractivity contribution in [2.75, 3.05) is 5.73 Å². The molecule has 2 atom stereocenters. The number of nitrogens with two attached hydrogens (primary N) is 2. The summed E-state index contributed by atoms with van der Waals surface area (Å²) in [6, 6.07) is 1.69. The molecule has 1 saturated carbocycles. The van der Waals surface area contributed by atoms with Gasteiger partial charge in [0.15, 0.2) is 0 Å². The van der Waals surface area contributed by atoms with Gasteiger partial charge in [-0.15, -0.1) is 0 Å². The number of aromatic nitrogens is 1. The fraction of sp³-hybridized carbons (Fsp3) is 0.500. The highest BCUT2D eigenvalue weighted by molar-refractivity contribution is 6.30. The van der Waals surface area contributed by atoms with E-state index in [2.05, 4.69) is 4.98 Å².